The van der Waals surface area contributed by atoms with Crippen molar-refractivity contribution < 1.29 is 14.1 Å². The molecule has 0 aliphatic carbocycles. The lowest BCUT2D eigenvalue weighted by Gasteiger charge is -2.12. The summed E-state index contributed by atoms with van der Waals surface area (Å²) in [6, 6.07) is 10.6. The van der Waals surface area contributed by atoms with Gasteiger partial charge >= 0.3 is 0 Å². The van der Waals surface area contributed by atoms with Crippen molar-refractivity contribution in [2.75, 3.05) is 11.1 Å². The van der Waals surface area contributed by atoms with E-state index in [0.717, 1.165) is 28.7 Å². The van der Waals surface area contributed by atoms with Crippen LogP contribution in [-0.2, 0) is 4.79 Å². The maximum atomic E-state index is 13.7. The van der Waals surface area contributed by atoms with Gasteiger partial charge in [0.05, 0.1) is 16.5 Å². The Morgan fingerprint density at radius 1 is 1.32 bits per heavy atom. The molecule has 1 heterocycles. The lowest BCUT2D eigenvalue weighted by atomic mass is 10.0. The number of hydrogen-bond donors (Lipinski definition) is 1. The van der Waals surface area contributed by atoms with E-state index < -0.39 is 10.7 Å². The maximum Gasteiger partial charge on any atom is 0.271 e. The molecular formula is C15H11FN2O3S. The molecule has 3 rings (SSSR count). The lowest BCUT2D eigenvalue weighted by Crippen LogP contribution is -2.21. The van der Waals surface area contributed by atoms with Gasteiger partial charge in [-0.05, 0) is 17.7 Å². The van der Waals surface area contributed by atoms with E-state index in [1.165, 1.54) is 0 Å². The largest absolute Gasteiger partial charge is 0.323 e. The van der Waals surface area contributed by atoms with Crippen molar-refractivity contribution >= 4 is 29.0 Å². The number of nitro groups is 1. The van der Waals surface area contributed by atoms with Gasteiger partial charge in [-0.1, -0.05) is 18.2 Å². The molecule has 2 aromatic carbocycles. The normalized spacial score (nSPS) is 16.1. The first-order chi connectivity index (χ1) is 10.6. The van der Waals surface area contributed by atoms with Gasteiger partial charge in [0.2, 0.25) is 5.91 Å². The van der Waals surface area contributed by atoms with Crippen LogP contribution in [-0.4, -0.2) is 16.6 Å². The van der Waals surface area contributed by atoms with Gasteiger partial charge in [0.15, 0.2) is 0 Å². The fourth-order valence-corrected chi connectivity index (χ4v) is 3.55. The number of thioether (sulfide) groups is 1. The molecule has 1 aliphatic rings. The number of benzene rings is 2. The Labute approximate surface area is 129 Å². The van der Waals surface area contributed by atoms with Crippen molar-refractivity contribution in [3.63, 3.8) is 0 Å². The third-order valence-corrected chi connectivity index (χ3v) is 4.62. The third-order valence-electron chi connectivity index (χ3n) is 3.44. The number of non-ortho nitro benzene ring substituents is 1. The Morgan fingerprint density at radius 3 is 2.86 bits per heavy atom. The number of nitrogens with one attached hydrogen (secondary N) is 1. The average Bonchev–Trinajstić information content (AvgIpc) is 2.93. The standard InChI is InChI=1S/C15H11FN2O3S/c16-12-6-5-9(18(20)21)7-13(12)17-15(19)11-8-22-14-4-2-1-3-10(11)14/h1-7,11H,8H2,(H,17,19)/t11-/m0/s1. The van der Waals surface area contributed by atoms with Gasteiger partial charge in [0.1, 0.15) is 5.82 Å². The summed E-state index contributed by atoms with van der Waals surface area (Å²) in [6.45, 7) is 0. The summed E-state index contributed by atoms with van der Waals surface area (Å²) >= 11 is 1.56. The predicted molar refractivity (Wildman–Crippen MR) is 81.6 cm³/mol. The molecule has 2 aromatic rings. The highest BCUT2D eigenvalue weighted by molar-refractivity contribution is 7.99. The Balaban J connectivity index is 1.84. The molecule has 7 heteroatoms. The molecule has 0 radical (unpaired) electrons. The zero-order valence-corrected chi connectivity index (χ0v) is 12.1. The first-order valence-electron chi connectivity index (χ1n) is 6.53. The minimum absolute atomic E-state index is 0.173. The lowest BCUT2D eigenvalue weighted by molar-refractivity contribution is -0.384. The summed E-state index contributed by atoms with van der Waals surface area (Å²) in [4.78, 5) is 23.5. The number of anilines is 1. The first kappa shape index (κ1) is 14.5. The predicted octanol–water partition coefficient (Wildman–Crippen LogP) is 3.56. The molecule has 1 amide bonds. The quantitative estimate of drug-likeness (QED) is 0.694. The van der Waals surface area contributed by atoms with Gasteiger partial charge in [-0.25, -0.2) is 4.39 Å². The van der Waals surface area contributed by atoms with Crippen molar-refractivity contribution in [1.82, 2.24) is 0 Å². The number of amides is 1. The van der Waals surface area contributed by atoms with E-state index in [9.17, 15) is 19.3 Å². The second-order valence-corrected chi connectivity index (χ2v) is 5.87. The van der Waals surface area contributed by atoms with Crippen molar-refractivity contribution in [3.8, 4) is 0 Å². The second-order valence-electron chi connectivity index (χ2n) is 4.81. The van der Waals surface area contributed by atoms with Crippen LogP contribution in [0.1, 0.15) is 11.5 Å². The van der Waals surface area contributed by atoms with Crippen LogP contribution in [0.25, 0.3) is 0 Å². The first-order valence-corrected chi connectivity index (χ1v) is 7.51. The molecule has 1 aliphatic heterocycles. The Kier molecular flexibility index (Phi) is 3.81. The Hall–Kier alpha value is -2.41. The molecule has 1 N–H and O–H groups in total. The van der Waals surface area contributed by atoms with E-state index in [0.29, 0.717) is 5.75 Å². The summed E-state index contributed by atoms with van der Waals surface area (Å²) in [5.74, 6) is -0.878. The number of rotatable bonds is 3. The van der Waals surface area contributed by atoms with Crippen LogP contribution < -0.4 is 5.32 Å². The number of hydrogen-bond acceptors (Lipinski definition) is 4. The molecule has 0 fully saturated rings. The third kappa shape index (κ3) is 2.67. The van der Waals surface area contributed by atoms with Crippen molar-refractivity contribution in [3.05, 3.63) is 64.0 Å². The van der Waals surface area contributed by atoms with Crippen LogP contribution >= 0.6 is 11.8 Å². The van der Waals surface area contributed by atoms with E-state index in [1.54, 1.807) is 11.8 Å². The SMILES string of the molecule is O=C(Nc1cc([N+](=O)[O-])ccc1F)[C@H]1CSc2ccccc21. The van der Waals surface area contributed by atoms with Gasteiger partial charge in [-0.15, -0.1) is 11.8 Å². The van der Waals surface area contributed by atoms with Crippen LogP contribution in [0.4, 0.5) is 15.8 Å². The highest BCUT2D eigenvalue weighted by Crippen LogP contribution is 2.40. The highest BCUT2D eigenvalue weighted by Gasteiger charge is 2.29. The molecule has 1 atom stereocenters. The minimum atomic E-state index is -0.696. The smallest absolute Gasteiger partial charge is 0.271 e. The summed E-state index contributed by atoms with van der Waals surface area (Å²) in [5.41, 5.74) is 0.460. The summed E-state index contributed by atoms with van der Waals surface area (Å²) in [5, 5.41) is 13.2. The molecule has 0 saturated carbocycles. The van der Waals surface area contributed by atoms with E-state index in [2.05, 4.69) is 5.32 Å². The van der Waals surface area contributed by atoms with Crippen LogP contribution in [0.2, 0.25) is 0 Å². The van der Waals surface area contributed by atoms with Gasteiger partial charge in [0, 0.05) is 22.8 Å². The van der Waals surface area contributed by atoms with E-state index in [1.807, 2.05) is 24.3 Å². The number of carbonyl (C=O) groups is 1. The van der Waals surface area contributed by atoms with E-state index in [-0.39, 0.29) is 23.2 Å². The van der Waals surface area contributed by atoms with Crippen LogP contribution in [0, 0.1) is 15.9 Å². The number of halogens is 1. The molecular weight excluding hydrogens is 307 g/mol. The summed E-state index contributed by atoms with van der Waals surface area (Å²) in [7, 11) is 0. The molecule has 112 valence electrons. The Morgan fingerprint density at radius 2 is 2.09 bits per heavy atom. The molecule has 0 bridgehead atoms. The van der Waals surface area contributed by atoms with Crippen molar-refractivity contribution in [2.24, 2.45) is 0 Å². The molecule has 0 aromatic heterocycles. The molecule has 0 unspecified atom stereocenters. The second kappa shape index (κ2) is 5.76. The Bertz CT molecular complexity index is 766. The number of carbonyl (C=O) groups excluding carboxylic acids is 1. The molecule has 22 heavy (non-hydrogen) atoms. The summed E-state index contributed by atoms with van der Waals surface area (Å²) < 4.78 is 13.7. The molecule has 5 nitrogen and oxygen atoms in total. The topological polar surface area (TPSA) is 72.2 Å². The zero-order valence-electron chi connectivity index (χ0n) is 11.3. The number of nitro benzene ring substituents is 1. The van der Waals surface area contributed by atoms with Gasteiger partial charge in [0.25, 0.3) is 5.69 Å². The summed E-state index contributed by atoms with van der Waals surface area (Å²) in [6.07, 6.45) is 0. The fraction of sp³-hybridized carbons (Fsp3) is 0.133. The average molecular weight is 318 g/mol. The highest BCUT2D eigenvalue weighted by atomic mass is 32.2. The molecule has 0 spiro atoms. The van der Waals surface area contributed by atoms with Crippen LogP contribution in [0.15, 0.2) is 47.4 Å². The maximum absolute atomic E-state index is 13.7. The number of nitrogens with zero attached hydrogens (tertiary/aromatic N) is 1. The van der Waals surface area contributed by atoms with Gasteiger partial charge in [-0.2, -0.15) is 0 Å². The van der Waals surface area contributed by atoms with Gasteiger partial charge in [-0.3, -0.25) is 14.9 Å². The van der Waals surface area contributed by atoms with Gasteiger partial charge < -0.3 is 5.32 Å². The number of fused-ring (bicyclic) bond motifs is 1. The van der Waals surface area contributed by atoms with Crippen molar-refractivity contribution in [2.45, 2.75) is 10.8 Å². The van der Waals surface area contributed by atoms with Crippen molar-refractivity contribution in [1.29, 1.82) is 0 Å². The molecule has 0 saturated heterocycles. The van der Waals surface area contributed by atoms with Crippen LogP contribution in [0.3, 0.4) is 0 Å². The van der Waals surface area contributed by atoms with E-state index in [4.69, 9.17) is 0 Å². The zero-order chi connectivity index (χ0) is 15.7. The van der Waals surface area contributed by atoms with Crippen LogP contribution in [0.5, 0.6) is 0 Å². The monoisotopic (exact) mass is 318 g/mol. The van der Waals surface area contributed by atoms with E-state index >= 15 is 0 Å². The minimum Gasteiger partial charge on any atom is -0.323 e. The fourth-order valence-electron chi connectivity index (χ4n) is 2.32.